The van der Waals surface area contributed by atoms with Gasteiger partial charge in [-0.25, -0.2) is 4.79 Å². The van der Waals surface area contributed by atoms with Crippen LogP contribution in [0.15, 0.2) is 42.6 Å². The first-order valence-corrected chi connectivity index (χ1v) is 5.92. The molecule has 0 aliphatic rings. The number of hydrogen-bond acceptors (Lipinski definition) is 3. The van der Waals surface area contributed by atoms with Gasteiger partial charge in [0.2, 0.25) is 5.91 Å². The number of carbonyl (C=O) groups is 2. The first-order valence-electron chi connectivity index (χ1n) is 5.92. The number of carboxylic acids is 1. The third-order valence-corrected chi connectivity index (χ3v) is 2.52. The fraction of sp³-hybridized carbons (Fsp3) is 0.0714. The zero-order chi connectivity index (χ0) is 14.4. The summed E-state index contributed by atoms with van der Waals surface area (Å²) >= 11 is 0. The van der Waals surface area contributed by atoms with Crippen molar-refractivity contribution >= 4 is 23.6 Å². The lowest BCUT2D eigenvalue weighted by Crippen LogP contribution is -2.14. The number of H-pyrrole nitrogens is 1. The van der Waals surface area contributed by atoms with Crippen LogP contribution in [0.4, 0.5) is 5.69 Å². The largest absolute Gasteiger partial charge is 0.478 e. The van der Waals surface area contributed by atoms with Crippen LogP contribution in [0.2, 0.25) is 0 Å². The van der Waals surface area contributed by atoms with Gasteiger partial charge in [0.1, 0.15) is 0 Å². The Morgan fingerprint density at radius 1 is 1.25 bits per heavy atom. The number of amides is 1. The first kappa shape index (κ1) is 13.5. The molecule has 0 saturated heterocycles. The van der Waals surface area contributed by atoms with Crippen molar-refractivity contribution in [3.8, 4) is 0 Å². The molecule has 20 heavy (non-hydrogen) atoms. The number of aliphatic carboxylic acids is 1. The molecule has 0 fully saturated rings. The van der Waals surface area contributed by atoms with Gasteiger partial charge in [0, 0.05) is 23.7 Å². The summed E-state index contributed by atoms with van der Waals surface area (Å²) in [7, 11) is 0. The van der Waals surface area contributed by atoms with Crippen molar-refractivity contribution < 1.29 is 14.7 Å². The topological polar surface area (TPSA) is 95.1 Å². The molecule has 1 aromatic heterocycles. The molecule has 2 rings (SSSR count). The molecule has 0 aliphatic carbocycles. The minimum absolute atomic E-state index is 0.150. The van der Waals surface area contributed by atoms with Crippen LogP contribution in [-0.2, 0) is 16.0 Å². The van der Waals surface area contributed by atoms with Crippen LogP contribution in [-0.4, -0.2) is 27.2 Å². The predicted molar refractivity (Wildman–Crippen MR) is 74.0 cm³/mol. The highest BCUT2D eigenvalue weighted by atomic mass is 16.4. The monoisotopic (exact) mass is 271 g/mol. The van der Waals surface area contributed by atoms with E-state index >= 15 is 0 Å². The van der Waals surface area contributed by atoms with E-state index in [1.807, 2.05) is 0 Å². The minimum Gasteiger partial charge on any atom is -0.478 e. The van der Waals surface area contributed by atoms with Crippen molar-refractivity contribution in [3.05, 3.63) is 53.9 Å². The Labute approximate surface area is 115 Å². The fourth-order valence-corrected chi connectivity index (χ4v) is 1.61. The molecule has 102 valence electrons. The molecule has 0 atom stereocenters. The molecule has 0 saturated carbocycles. The highest BCUT2D eigenvalue weighted by Crippen LogP contribution is 2.11. The third-order valence-electron chi connectivity index (χ3n) is 2.52. The Bertz CT molecular complexity index is 616. The second-order valence-electron chi connectivity index (χ2n) is 4.10. The molecule has 0 radical (unpaired) electrons. The summed E-state index contributed by atoms with van der Waals surface area (Å²) in [6.07, 6.45) is 4.36. The van der Waals surface area contributed by atoms with E-state index in [1.165, 1.54) is 6.08 Å². The quantitative estimate of drug-likeness (QED) is 0.721. The maximum atomic E-state index is 11.7. The Balaban J connectivity index is 1.93. The first-order chi connectivity index (χ1) is 9.63. The molecule has 3 N–H and O–H groups in total. The molecule has 0 unspecified atom stereocenters. The van der Waals surface area contributed by atoms with Crippen LogP contribution in [0.25, 0.3) is 6.08 Å². The van der Waals surface area contributed by atoms with Gasteiger partial charge in [0.15, 0.2) is 0 Å². The summed E-state index contributed by atoms with van der Waals surface area (Å²) in [5.41, 5.74) is 2.14. The van der Waals surface area contributed by atoms with Gasteiger partial charge >= 0.3 is 5.97 Å². The molecule has 2 aromatic rings. The zero-order valence-electron chi connectivity index (χ0n) is 10.5. The van der Waals surface area contributed by atoms with Crippen molar-refractivity contribution in [2.45, 2.75) is 6.42 Å². The summed E-state index contributed by atoms with van der Waals surface area (Å²) in [5.74, 6) is -1.15. The summed E-state index contributed by atoms with van der Waals surface area (Å²) < 4.78 is 0. The SMILES string of the molecule is O=C(O)C=Cc1ccc(NC(=O)Cc2ccn[nH]2)cc1. The fourth-order valence-electron chi connectivity index (χ4n) is 1.61. The number of rotatable bonds is 5. The Morgan fingerprint density at radius 2 is 2.00 bits per heavy atom. The number of aromatic nitrogens is 2. The van der Waals surface area contributed by atoms with Crippen molar-refractivity contribution in [1.29, 1.82) is 0 Å². The minimum atomic E-state index is -0.998. The molecule has 0 aliphatic heterocycles. The molecule has 1 heterocycles. The lowest BCUT2D eigenvalue weighted by Gasteiger charge is -2.04. The summed E-state index contributed by atoms with van der Waals surface area (Å²) in [5, 5.41) is 17.7. The number of anilines is 1. The van der Waals surface area contributed by atoms with Crippen LogP contribution >= 0.6 is 0 Å². The van der Waals surface area contributed by atoms with Crippen molar-refractivity contribution in [2.75, 3.05) is 5.32 Å². The second-order valence-corrected chi connectivity index (χ2v) is 4.10. The maximum absolute atomic E-state index is 11.7. The summed E-state index contributed by atoms with van der Waals surface area (Å²) in [6.45, 7) is 0. The Hall–Kier alpha value is -2.89. The number of nitrogens with one attached hydrogen (secondary N) is 2. The highest BCUT2D eigenvalue weighted by Gasteiger charge is 2.04. The van der Waals surface area contributed by atoms with Gasteiger partial charge in [-0.3, -0.25) is 9.89 Å². The molecule has 1 amide bonds. The van der Waals surface area contributed by atoms with E-state index < -0.39 is 5.97 Å². The van der Waals surface area contributed by atoms with Gasteiger partial charge in [-0.05, 0) is 29.8 Å². The molecule has 0 spiro atoms. The van der Waals surface area contributed by atoms with Crippen LogP contribution in [0, 0.1) is 0 Å². The van der Waals surface area contributed by atoms with Gasteiger partial charge in [-0.1, -0.05) is 12.1 Å². The predicted octanol–water partition coefficient (Wildman–Crippen LogP) is 1.69. The standard InChI is InChI=1S/C14H13N3O3/c18-13(9-12-7-8-15-17-12)16-11-4-1-10(2-5-11)3-6-14(19)20/h1-8H,9H2,(H,15,17)(H,16,18)(H,19,20). The van der Waals surface area contributed by atoms with Crippen LogP contribution in [0.1, 0.15) is 11.3 Å². The van der Waals surface area contributed by atoms with Gasteiger partial charge in [-0.2, -0.15) is 5.10 Å². The Kier molecular flexibility index (Phi) is 4.28. The second kappa shape index (κ2) is 6.33. The van der Waals surface area contributed by atoms with Gasteiger partial charge in [-0.15, -0.1) is 0 Å². The van der Waals surface area contributed by atoms with Crippen LogP contribution in [0.3, 0.4) is 0 Å². The molecule has 0 bridgehead atoms. The lowest BCUT2D eigenvalue weighted by molar-refractivity contribution is -0.131. The number of hydrogen-bond donors (Lipinski definition) is 3. The number of nitrogens with zero attached hydrogens (tertiary/aromatic N) is 1. The van der Waals surface area contributed by atoms with E-state index in [1.54, 1.807) is 36.5 Å². The molecule has 6 heteroatoms. The normalized spacial score (nSPS) is 10.6. The molecular formula is C14H13N3O3. The number of carbonyl (C=O) groups excluding carboxylic acids is 1. The van der Waals surface area contributed by atoms with E-state index in [2.05, 4.69) is 15.5 Å². The van der Waals surface area contributed by atoms with Gasteiger partial charge in [0.05, 0.1) is 6.42 Å². The molecular weight excluding hydrogens is 258 g/mol. The third kappa shape index (κ3) is 4.09. The van der Waals surface area contributed by atoms with Crippen molar-refractivity contribution in [2.24, 2.45) is 0 Å². The van der Waals surface area contributed by atoms with E-state index in [0.29, 0.717) is 5.69 Å². The smallest absolute Gasteiger partial charge is 0.328 e. The average molecular weight is 271 g/mol. The number of benzene rings is 1. The number of carboxylic acid groups (broad SMARTS) is 1. The zero-order valence-corrected chi connectivity index (χ0v) is 10.5. The van der Waals surface area contributed by atoms with E-state index in [9.17, 15) is 9.59 Å². The van der Waals surface area contributed by atoms with Crippen molar-refractivity contribution in [3.63, 3.8) is 0 Å². The summed E-state index contributed by atoms with van der Waals surface area (Å²) in [6, 6.07) is 8.62. The van der Waals surface area contributed by atoms with Gasteiger partial charge in [0.25, 0.3) is 0 Å². The highest BCUT2D eigenvalue weighted by molar-refractivity contribution is 5.92. The number of aromatic amines is 1. The molecule has 6 nitrogen and oxygen atoms in total. The van der Waals surface area contributed by atoms with Crippen LogP contribution in [0.5, 0.6) is 0 Å². The molecule has 1 aromatic carbocycles. The van der Waals surface area contributed by atoms with E-state index in [4.69, 9.17) is 5.11 Å². The van der Waals surface area contributed by atoms with Gasteiger partial charge < -0.3 is 10.4 Å². The maximum Gasteiger partial charge on any atom is 0.328 e. The Morgan fingerprint density at radius 3 is 2.60 bits per heavy atom. The van der Waals surface area contributed by atoms with E-state index in [0.717, 1.165) is 17.3 Å². The lowest BCUT2D eigenvalue weighted by atomic mass is 10.2. The van der Waals surface area contributed by atoms with Crippen LogP contribution < -0.4 is 5.32 Å². The van der Waals surface area contributed by atoms with Crippen molar-refractivity contribution in [1.82, 2.24) is 10.2 Å². The van der Waals surface area contributed by atoms with E-state index in [-0.39, 0.29) is 12.3 Å². The average Bonchev–Trinajstić information content (AvgIpc) is 2.90. The summed E-state index contributed by atoms with van der Waals surface area (Å²) in [4.78, 5) is 22.1.